The number of rotatable bonds is 2. The van der Waals surface area contributed by atoms with Gasteiger partial charge in [0.05, 0.1) is 17.3 Å². The number of para-hydroxylation sites is 1. The van der Waals surface area contributed by atoms with Crippen molar-refractivity contribution < 1.29 is 4.42 Å². The molecule has 0 fully saturated rings. The molecule has 132 valence electrons. The van der Waals surface area contributed by atoms with Crippen molar-refractivity contribution in [2.75, 3.05) is 0 Å². The SMILES string of the molecule is c1cncc(-c2ccnc(-n3c4ccccc4c4ccc5ccoc5c43)c2)c1. The van der Waals surface area contributed by atoms with Crippen LogP contribution in [0.25, 0.3) is 49.7 Å². The van der Waals surface area contributed by atoms with Crippen molar-refractivity contribution in [1.29, 1.82) is 0 Å². The van der Waals surface area contributed by atoms with Crippen LogP contribution in [0.2, 0.25) is 0 Å². The Morgan fingerprint density at radius 1 is 0.786 bits per heavy atom. The van der Waals surface area contributed by atoms with Crippen molar-refractivity contribution in [3.63, 3.8) is 0 Å². The lowest BCUT2D eigenvalue weighted by Crippen LogP contribution is -1.97. The summed E-state index contributed by atoms with van der Waals surface area (Å²) in [6.45, 7) is 0. The Bertz CT molecular complexity index is 1460. The second-order valence-electron chi connectivity index (χ2n) is 6.80. The lowest BCUT2D eigenvalue weighted by atomic mass is 10.1. The summed E-state index contributed by atoms with van der Waals surface area (Å²) in [7, 11) is 0. The number of hydrogen-bond acceptors (Lipinski definition) is 3. The van der Waals surface area contributed by atoms with Crippen LogP contribution in [0.3, 0.4) is 0 Å². The van der Waals surface area contributed by atoms with Gasteiger partial charge in [-0.2, -0.15) is 0 Å². The van der Waals surface area contributed by atoms with Gasteiger partial charge in [-0.1, -0.05) is 36.4 Å². The Morgan fingerprint density at radius 2 is 1.75 bits per heavy atom. The zero-order chi connectivity index (χ0) is 18.5. The zero-order valence-corrected chi connectivity index (χ0v) is 14.9. The number of aromatic nitrogens is 3. The molecule has 6 aromatic rings. The van der Waals surface area contributed by atoms with E-state index in [9.17, 15) is 0 Å². The average Bonchev–Trinajstić information content (AvgIpc) is 3.37. The Hall–Kier alpha value is -3.92. The van der Waals surface area contributed by atoms with E-state index in [1.54, 1.807) is 12.5 Å². The zero-order valence-electron chi connectivity index (χ0n) is 14.9. The highest BCUT2D eigenvalue weighted by molar-refractivity contribution is 6.16. The number of furan rings is 1. The van der Waals surface area contributed by atoms with Gasteiger partial charge in [0, 0.05) is 40.3 Å². The van der Waals surface area contributed by atoms with E-state index in [2.05, 4.69) is 58.1 Å². The first-order valence-electron chi connectivity index (χ1n) is 9.16. The normalized spacial score (nSPS) is 11.6. The van der Waals surface area contributed by atoms with Gasteiger partial charge in [0.25, 0.3) is 0 Å². The summed E-state index contributed by atoms with van der Waals surface area (Å²) in [5.74, 6) is 0.858. The molecule has 0 spiro atoms. The molecule has 0 atom stereocenters. The van der Waals surface area contributed by atoms with E-state index in [1.165, 1.54) is 5.39 Å². The summed E-state index contributed by atoms with van der Waals surface area (Å²) < 4.78 is 8.07. The fourth-order valence-electron chi connectivity index (χ4n) is 3.97. The second kappa shape index (κ2) is 5.79. The molecule has 0 saturated heterocycles. The van der Waals surface area contributed by atoms with Gasteiger partial charge < -0.3 is 4.42 Å². The van der Waals surface area contributed by atoms with E-state index in [0.717, 1.165) is 44.3 Å². The van der Waals surface area contributed by atoms with Gasteiger partial charge >= 0.3 is 0 Å². The summed E-state index contributed by atoms with van der Waals surface area (Å²) in [4.78, 5) is 8.94. The number of benzene rings is 2. The molecule has 6 rings (SSSR count). The van der Waals surface area contributed by atoms with Gasteiger partial charge in [0.2, 0.25) is 0 Å². The number of pyridine rings is 2. The van der Waals surface area contributed by atoms with Crippen LogP contribution in [0.1, 0.15) is 0 Å². The Kier molecular flexibility index (Phi) is 3.14. The average molecular weight is 361 g/mol. The lowest BCUT2D eigenvalue weighted by molar-refractivity contribution is 0.618. The molecule has 0 bridgehead atoms. The summed E-state index contributed by atoms with van der Waals surface area (Å²) in [5.41, 5.74) is 5.17. The molecule has 0 unspecified atom stereocenters. The summed E-state index contributed by atoms with van der Waals surface area (Å²) in [5, 5.41) is 3.43. The molecule has 2 aromatic carbocycles. The molecule has 4 aromatic heterocycles. The third-order valence-electron chi connectivity index (χ3n) is 5.22. The fraction of sp³-hybridized carbons (Fsp3) is 0. The Labute approximate surface area is 160 Å². The van der Waals surface area contributed by atoms with Gasteiger partial charge in [-0.3, -0.25) is 9.55 Å². The van der Waals surface area contributed by atoms with Gasteiger partial charge in [-0.15, -0.1) is 0 Å². The highest BCUT2D eigenvalue weighted by atomic mass is 16.3. The van der Waals surface area contributed by atoms with Crippen LogP contribution < -0.4 is 0 Å². The van der Waals surface area contributed by atoms with E-state index in [-0.39, 0.29) is 0 Å². The number of fused-ring (bicyclic) bond motifs is 5. The summed E-state index contributed by atoms with van der Waals surface area (Å²) in [6.07, 6.45) is 7.24. The minimum Gasteiger partial charge on any atom is -0.462 e. The second-order valence-corrected chi connectivity index (χ2v) is 6.80. The van der Waals surface area contributed by atoms with Crippen LogP contribution in [-0.4, -0.2) is 14.5 Å². The molecule has 0 aliphatic carbocycles. The quantitative estimate of drug-likeness (QED) is 0.381. The standard InChI is InChI=1S/C24H15N3O/c1-2-6-21-19(5-1)20-8-7-16-10-13-28-24(16)23(20)27(21)22-14-17(9-12-26-22)18-4-3-11-25-15-18/h1-15H. The first kappa shape index (κ1) is 15.2. The molecular weight excluding hydrogens is 346 g/mol. The van der Waals surface area contributed by atoms with Gasteiger partial charge in [-0.05, 0) is 35.9 Å². The van der Waals surface area contributed by atoms with Crippen LogP contribution >= 0.6 is 0 Å². The molecule has 4 heteroatoms. The minimum absolute atomic E-state index is 0.858. The van der Waals surface area contributed by atoms with E-state index >= 15 is 0 Å². The number of hydrogen-bond donors (Lipinski definition) is 0. The maximum atomic E-state index is 5.88. The Morgan fingerprint density at radius 3 is 2.68 bits per heavy atom. The summed E-state index contributed by atoms with van der Waals surface area (Å²) >= 11 is 0. The number of nitrogens with zero attached hydrogens (tertiary/aromatic N) is 3. The van der Waals surface area contributed by atoms with Crippen molar-refractivity contribution in [2.45, 2.75) is 0 Å². The summed E-state index contributed by atoms with van der Waals surface area (Å²) in [6, 6.07) is 22.8. The first-order chi connectivity index (χ1) is 13.9. The molecule has 0 radical (unpaired) electrons. The van der Waals surface area contributed by atoms with Gasteiger partial charge in [0.15, 0.2) is 5.58 Å². The highest BCUT2D eigenvalue weighted by Crippen LogP contribution is 2.36. The molecule has 4 heterocycles. The molecule has 4 nitrogen and oxygen atoms in total. The maximum absolute atomic E-state index is 5.88. The lowest BCUT2D eigenvalue weighted by Gasteiger charge is -2.09. The van der Waals surface area contributed by atoms with Crippen LogP contribution in [-0.2, 0) is 0 Å². The third kappa shape index (κ3) is 2.12. The van der Waals surface area contributed by atoms with E-state index < -0.39 is 0 Å². The van der Waals surface area contributed by atoms with Crippen molar-refractivity contribution >= 4 is 32.8 Å². The van der Waals surface area contributed by atoms with Crippen molar-refractivity contribution in [3.8, 4) is 16.9 Å². The van der Waals surface area contributed by atoms with E-state index in [0.29, 0.717) is 0 Å². The van der Waals surface area contributed by atoms with Crippen LogP contribution in [0, 0.1) is 0 Å². The molecule has 0 amide bonds. The maximum Gasteiger partial charge on any atom is 0.158 e. The molecule has 0 aliphatic rings. The minimum atomic E-state index is 0.858. The third-order valence-corrected chi connectivity index (χ3v) is 5.22. The highest BCUT2D eigenvalue weighted by Gasteiger charge is 2.17. The van der Waals surface area contributed by atoms with Crippen molar-refractivity contribution in [3.05, 3.63) is 91.6 Å². The molecule has 0 N–H and O–H groups in total. The predicted octanol–water partition coefficient (Wildman–Crippen LogP) is 5.99. The van der Waals surface area contributed by atoms with Crippen molar-refractivity contribution in [1.82, 2.24) is 14.5 Å². The van der Waals surface area contributed by atoms with E-state index in [1.807, 2.05) is 30.6 Å². The van der Waals surface area contributed by atoms with Crippen LogP contribution in [0.4, 0.5) is 0 Å². The van der Waals surface area contributed by atoms with Crippen LogP contribution in [0.5, 0.6) is 0 Å². The predicted molar refractivity (Wildman–Crippen MR) is 112 cm³/mol. The molecule has 28 heavy (non-hydrogen) atoms. The molecular formula is C24H15N3O. The van der Waals surface area contributed by atoms with Crippen LogP contribution in [0.15, 0.2) is 96.0 Å². The Balaban J connectivity index is 1.73. The molecule has 0 aliphatic heterocycles. The van der Waals surface area contributed by atoms with Gasteiger partial charge in [0.1, 0.15) is 5.82 Å². The molecule has 0 saturated carbocycles. The topological polar surface area (TPSA) is 43.9 Å². The first-order valence-corrected chi connectivity index (χ1v) is 9.16. The van der Waals surface area contributed by atoms with Gasteiger partial charge in [-0.25, -0.2) is 4.98 Å². The smallest absolute Gasteiger partial charge is 0.158 e. The fourth-order valence-corrected chi connectivity index (χ4v) is 3.97. The monoisotopic (exact) mass is 361 g/mol. The largest absolute Gasteiger partial charge is 0.462 e. The van der Waals surface area contributed by atoms with Crippen molar-refractivity contribution in [2.24, 2.45) is 0 Å². The van der Waals surface area contributed by atoms with E-state index in [4.69, 9.17) is 9.40 Å².